The van der Waals surface area contributed by atoms with Gasteiger partial charge in [0.1, 0.15) is 5.52 Å². The standard InChI is InChI=1S/C21H23N3O3S/c1-23-11-17(15-6-9-22-19(15)20(23)25)16-10-14(28(2,26)27)4-5-18(16)24-12-21(13-24)7-3-8-21/h4-6,9-11,22H,3,7-8,12-13H2,1-2H3. The zero-order valence-electron chi connectivity index (χ0n) is 16.0. The molecule has 6 nitrogen and oxygen atoms in total. The van der Waals surface area contributed by atoms with Crippen LogP contribution >= 0.6 is 0 Å². The normalized spacial score (nSPS) is 18.3. The van der Waals surface area contributed by atoms with Gasteiger partial charge in [-0.25, -0.2) is 8.42 Å². The number of sulfone groups is 1. The predicted molar refractivity (Wildman–Crippen MR) is 111 cm³/mol. The van der Waals surface area contributed by atoms with Gasteiger partial charge in [-0.15, -0.1) is 0 Å². The van der Waals surface area contributed by atoms with Crippen molar-refractivity contribution in [1.29, 1.82) is 0 Å². The average Bonchev–Trinajstić information content (AvgIpc) is 3.05. The van der Waals surface area contributed by atoms with Crippen molar-refractivity contribution in [2.24, 2.45) is 12.5 Å². The Morgan fingerprint density at radius 2 is 1.86 bits per heavy atom. The summed E-state index contributed by atoms with van der Waals surface area (Å²) >= 11 is 0. The lowest BCUT2D eigenvalue weighted by Crippen LogP contribution is -2.60. The summed E-state index contributed by atoms with van der Waals surface area (Å²) in [5.74, 6) is 0. The van der Waals surface area contributed by atoms with E-state index in [4.69, 9.17) is 0 Å². The fraction of sp³-hybridized carbons (Fsp3) is 0.381. The minimum Gasteiger partial charge on any atom is -0.370 e. The van der Waals surface area contributed by atoms with Crippen LogP contribution in [0.15, 0.2) is 46.3 Å². The lowest BCUT2D eigenvalue weighted by Gasteiger charge is -2.57. The molecule has 0 bridgehead atoms. The molecular weight excluding hydrogens is 374 g/mol. The van der Waals surface area contributed by atoms with Crippen LogP contribution in [0, 0.1) is 5.41 Å². The van der Waals surface area contributed by atoms with Crippen molar-refractivity contribution in [1.82, 2.24) is 9.55 Å². The number of anilines is 1. The van der Waals surface area contributed by atoms with Crippen molar-refractivity contribution in [2.75, 3.05) is 24.2 Å². The van der Waals surface area contributed by atoms with Gasteiger partial charge in [0.25, 0.3) is 5.56 Å². The van der Waals surface area contributed by atoms with Gasteiger partial charge in [0.05, 0.1) is 4.90 Å². The molecule has 146 valence electrons. The minimum atomic E-state index is -3.33. The molecule has 3 heterocycles. The third-order valence-electron chi connectivity index (χ3n) is 6.39. The predicted octanol–water partition coefficient (Wildman–Crippen LogP) is 2.93. The molecule has 2 aromatic heterocycles. The topological polar surface area (TPSA) is 75.2 Å². The lowest BCUT2D eigenvalue weighted by molar-refractivity contribution is 0.0905. The maximum absolute atomic E-state index is 12.4. The Morgan fingerprint density at radius 3 is 2.50 bits per heavy atom. The molecule has 0 atom stereocenters. The monoisotopic (exact) mass is 397 g/mol. The first-order valence-electron chi connectivity index (χ1n) is 9.54. The number of nitrogens with zero attached hydrogens (tertiary/aromatic N) is 2. The van der Waals surface area contributed by atoms with Gasteiger partial charge in [-0.2, -0.15) is 0 Å². The highest BCUT2D eigenvalue weighted by Crippen LogP contribution is 2.51. The molecule has 28 heavy (non-hydrogen) atoms. The van der Waals surface area contributed by atoms with E-state index in [1.54, 1.807) is 29.9 Å². The molecule has 1 aliphatic heterocycles. The van der Waals surface area contributed by atoms with Crippen molar-refractivity contribution in [3.05, 3.63) is 47.0 Å². The third-order valence-corrected chi connectivity index (χ3v) is 7.50. The Morgan fingerprint density at radius 1 is 1.11 bits per heavy atom. The van der Waals surface area contributed by atoms with E-state index in [9.17, 15) is 13.2 Å². The van der Waals surface area contributed by atoms with Crippen LogP contribution in [0.25, 0.3) is 22.0 Å². The number of aromatic amines is 1. The van der Waals surface area contributed by atoms with Gasteiger partial charge < -0.3 is 14.5 Å². The summed E-state index contributed by atoms with van der Waals surface area (Å²) in [4.78, 5) is 18.1. The van der Waals surface area contributed by atoms with E-state index >= 15 is 0 Å². The Hall–Kier alpha value is -2.54. The molecule has 2 fully saturated rings. The van der Waals surface area contributed by atoms with E-state index in [0.29, 0.717) is 15.8 Å². The van der Waals surface area contributed by atoms with E-state index in [1.165, 1.54) is 25.5 Å². The highest BCUT2D eigenvalue weighted by Gasteiger charge is 2.47. The molecule has 1 aliphatic carbocycles. The summed E-state index contributed by atoms with van der Waals surface area (Å²) in [6.07, 6.45) is 8.65. The summed E-state index contributed by atoms with van der Waals surface area (Å²) in [5.41, 5.74) is 3.66. The number of H-pyrrole nitrogens is 1. The highest BCUT2D eigenvalue weighted by molar-refractivity contribution is 7.90. The van der Waals surface area contributed by atoms with Crippen LogP contribution in [0.5, 0.6) is 0 Å². The molecule has 0 radical (unpaired) electrons. The number of benzene rings is 1. The first-order valence-corrected chi connectivity index (χ1v) is 11.4. The van der Waals surface area contributed by atoms with Gasteiger partial charge in [-0.05, 0) is 37.1 Å². The highest BCUT2D eigenvalue weighted by atomic mass is 32.2. The zero-order valence-corrected chi connectivity index (χ0v) is 16.8. The molecule has 3 aromatic rings. The van der Waals surface area contributed by atoms with Gasteiger partial charge in [0, 0.05) is 66.4 Å². The molecule has 1 saturated heterocycles. The molecule has 2 aliphatic rings. The van der Waals surface area contributed by atoms with Crippen molar-refractivity contribution in [3.63, 3.8) is 0 Å². The quantitative estimate of drug-likeness (QED) is 0.737. The molecule has 7 heteroatoms. The first kappa shape index (κ1) is 17.6. The van der Waals surface area contributed by atoms with Crippen LogP contribution < -0.4 is 10.5 Å². The Balaban J connectivity index is 1.72. The second kappa shape index (κ2) is 5.73. The minimum absolute atomic E-state index is 0.0954. The Labute approximate surface area is 163 Å². The van der Waals surface area contributed by atoms with E-state index in [-0.39, 0.29) is 5.56 Å². The zero-order chi connectivity index (χ0) is 19.7. The maximum atomic E-state index is 12.4. The number of aromatic nitrogens is 2. The number of aryl methyl sites for hydroxylation is 1. The SMILES string of the molecule is Cn1cc(-c2cc(S(C)(=O)=O)ccc2N2CC3(CCC3)C2)c2cc[nH]c2c1=O. The fourth-order valence-electron chi connectivity index (χ4n) is 4.65. The van der Waals surface area contributed by atoms with Gasteiger partial charge in [0.15, 0.2) is 9.84 Å². The van der Waals surface area contributed by atoms with E-state index < -0.39 is 9.84 Å². The fourth-order valence-corrected chi connectivity index (χ4v) is 5.29. The molecule has 0 unspecified atom stereocenters. The molecule has 1 saturated carbocycles. The second-order valence-electron chi connectivity index (χ2n) is 8.39. The molecule has 1 spiro atoms. The second-order valence-corrected chi connectivity index (χ2v) is 10.4. The number of hydrogen-bond donors (Lipinski definition) is 1. The maximum Gasteiger partial charge on any atom is 0.274 e. The van der Waals surface area contributed by atoms with Crippen LogP contribution in [0.2, 0.25) is 0 Å². The Kier molecular flexibility index (Phi) is 3.59. The summed E-state index contributed by atoms with van der Waals surface area (Å²) in [6, 6.07) is 7.24. The van der Waals surface area contributed by atoms with Gasteiger partial charge in [-0.1, -0.05) is 6.42 Å². The van der Waals surface area contributed by atoms with Crippen molar-refractivity contribution < 1.29 is 8.42 Å². The van der Waals surface area contributed by atoms with Crippen molar-refractivity contribution in [2.45, 2.75) is 24.2 Å². The number of fused-ring (bicyclic) bond motifs is 1. The van der Waals surface area contributed by atoms with Crippen LogP contribution in [-0.2, 0) is 16.9 Å². The molecule has 1 aromatic carbocycles. The number of nitrogens with one attached hydrogen (secondary N) is 1. The summed E-state index contributed by atoms with van der Waals surface area (Å²) in [5, 5.41) is 0.814. The van der Waals surface area contributed by atoms with Gasteiger partial charge >= 0.3 is 0 Å². The first-order chi connectivity index (χ1) is 13.3. The number of hydrogen-bond acceptors (Lipinski definition) is 4. The van der Waals surface area contributed by atoms with Crippen molar-refractivity contribution in [3.8, 4) is 11.1 Å². The Bertz CT molecular complexity index is 1260. The van der Waals surface area contributed by atoms with Gasteiger partial charge in [-0.3, -0.25) is 4.79 Å². The van der Waals surface area contributed by atoms with E-state index in [2.05, 4.69) is 9.88 Å². The smallest absolute Gasteiger partial charge is 0.274 e. The number of rotatable bonds is 3. The average molecular weight is 398 g/mol. The molecule has 0 amide bonds. The van der Waals surface area contributed by atoms with Crippen LogP contribution in [0.4, 0.5) is 5.69 Å². The third kappa shape index (κ3) is 2.53. The van der Waals surface area contributed by atoms with Crippen LogP contribution in [0.3, 0.4) is 0 Å². The van der Waals surface area contributed by atoms with E-state index in [0.717, 1.165) is 35.3 Å². The van der Waals surface area contributed by atoms with E-state index in [1.807, 2.05) is 18.3 Å². The van der Waals surface area contributed by atoms with Crippen LogP contribution in [0.1, 0.15) is 19.3 Å². The molecule has 5 rings (SSSR count). The summed E-state index contributed by atoms with van der Waals surface area (Å²) in [7, 11) is -1.61. The van der Waals surface area contributed by atoms with Crippen LogP contribution in [-0.4, -0.2) is 37.3 Å². The largest absolute Gasteiger partial charge is 0.370 e. The van der Waals surface area contributed by atoms with Crippen molar-refractivity contribution >= 4 is 26.4 Å². The lowest BCUT2D eigenvalue weighted by atomic mass is 9.63. The summed E-state index contributed by atoms with van der Waals surface area (Å²) in [6.45, 7) is 2.03. The molecular formula is C21H23N3O3S. The number of pyridine rings is 1. The molecule has 1 N–H and O–H groups in total. The summed E-state index contributed by atoms with van der Waals surface area (Å²) < 4.78 is 25.9. The van der Waals surface area contributed by atoms with Gasteiger partial charge in [0.2, 0.25) is 0 Å².